The Bertz CT molecular complexity index is 404. The molecule has 0 aliphatic rings. The van der Waals surface area contributed by atoms with Crippen molar-refractivity contribution in [1.29, 1.82) is 0 Å². The summed E-state index contributed by atoms with van der Waals surface area (Å²) in [6.07, 6.45) is 2.67. The number of nitrogens with two attached hydrogens (primary N) is 1. The summed E-state index contributed by atoms with van der Waals surface area (Å²) in [5.41, 5.74) is 5.64. The van der Waals surface area contributed by atoms with Crippen molar-refractivity contribution < 1.29 is 13.2 Å². The monoisotopic (exact) mass is 241 g/mol. The van der Waals surface area contributed by atoms with E-state index in [2.05, 4.69) is 5.92 Å². The van der Waals surface area contributed by atoms with E-state index in [1.54, 1.807) is 6.07 Å². The van der Waals surface area contributed by atoms with E-state index in [-0.39, 0.29) is 0 Å². The van der Waals surface area contributed by atoms with Crippen molar-refractivity contribution in [3.63, 3.8) is 0 Å². The summed E-state index contributed by atoms with van der Waals surface area (Å²) < 4.78 is 37.4. The standard InChI is InChI=1S/C13H14F3N/c1-2-3-4-8-12(17)10-6-5-7-11(9-10)13(14,15)16/h1,5-7,9,12H,3-4,8,17H2. The quantitative estimate of drug-likeness (QED) is 0.633. The molecule has 0 aliphatic carbocycles. The number of hydrogen-bond donors (Lipinski definition) is 1. The van der Waals surface area contributed by atoms with E-state index in [1.807, 2.05) is 0 Å². The van der Waals surface area contributed by atoms with Gasteiger partial charge in [0.2, 0.25) is 0 Å². The van der Waals surface area contributed by atoms with Gasteiger partial charge in [0.1, 0.15) is 0 Å². The van der Waals surface area contributed by atoms with Crippen molar-refractivity contribution in [2.45, 2.75) is 31.5 Å². The van der Waals surface area contributed by atoms with Gasteiger partial charge in [-0.1, -0.05) is 12.1 Å². The molecular weight excluding hydrogens is 227 g/mol. The topological polar surface area (TPSA) is 26.0 Å². The molecule has 0 aromatic heterocycles. The third-order valence-corrected chi connectivity index (χ3v) is 2.48. The predicted octanol–water partition coefficient (Wildman–Crippen LogP) is 3.51. The second kappa shape index (κ2) is 5.74. The van der Waals surface area contributed by atoms with Crippen LogP contribution in [0.4, 0.5) is 13.2 Å². The van der Waals surface area contributed by atoms with Crippen LogP contribution in [0.3, 0.4) is 0 Å². The minimum Gasteiger partial charge on any atom is -0.324 e. The van der Waals surface area contributed by atoms with Gasteiger partial charge in [0, 0.05) is 12.5 Å². The number of unbranched alkanes of at least 4 members (excludes halogenated alkanes) is 1. The Morgan fingerprint density at radius 2 is 2.06 bits per heavy atom. The zero-order chi connectivity index (χ0) is 12.9. The first-order chi connectivity index (χ1) is 7.95. The van der Waals surface area contributed by atoms with Crippen molar-refractivity contribution in [3.05, 3.63) is 35.4 Å². The van der Waals surface area contributed by atoms with Crippen molar-refractivity contribution >= 4 is 0 Å². The van der Waals surface area contributed by atoms with Gasteiger partial charge in [0.15, 0.2) is 0 Å². The Labute approximate surface area is 98.8 Å². The number of benzene rings is 1. The SMILES string of the molecule is C#CCCCC(N)c1cccc(C(F)(F)F)c1. The highest BCUT2D eigenvalue weighted by molar-refractivity contribution is 5.27. The zero-order valence-electron chi connectivity index (χ0n) is 9.30. The molecule has 4 heteroatoms. The fourth-order valence-corrected chi connectivity index (χ4v) is 1.54. The van der Waals surface area contributed by atoms with Crippen molar-refractivity contribution in [1.82, 2.24) is 0 Å². The van der Waals surface area contributed by atoms with Gasteiger partial charge >= 0.3 is 6.18 Å². The van der Waals surface area contributed by atoms with Crippen LogP contribution >= 0.6 is 0 Å². The Balaban J connectivity index is 2.75. The highest BCUT2D eigenvalue weighted by atomic mass is 19.4. The molecule has 0 heterocycles. The van der Waals surface area contributed by atoms with E-state index in [0.29, 0.717) is 24.8 Å². The maximum atomic E-state index is 12.5. The molecule has 0 fully saturated rings. The summed E-state index contributed by atoms with van der Waals surface area (Å²) >= 11 is 0. The summed E-state index contributed by atoms with van der Waals surface area (Å²) in [7, 11) is 0. The highest BCUT2D eigenvalue weighted by Gasteiger charge is 2.30. The summed E-state index contributed by atoms with van der Waals surface area (Å²) in [5, 5.41) is 0. The Morgan fingerprint density at radius 1 is 1.35 bits per heavy atom. The maximum absolute atomic E-state index is 12.5. The van der Waals surface area contributed by atoms with E-state index in [1.165, 1.54) is 6.07 Å². The molecule has 0 radical (unpaired) electrons. The van der Waals surface area contributed by atoms with Crippen LogP contribution < -0.4 is 5.73 Å². The Hall–Kier alpha value is -1.47. The number of terminal acetylenes is 1. The summed E-state index contributed by atoms with van der Waals surface area (Å²) in [4.78, 5) is 0. The fourth-order valence-electron chi connectivity index (χ4n) is 1.54. The smallest absolute Gasteiger partial charge is 0.324 e. The predicted molar refractivity (Wildman–Crippen MR) is 61.1 cm³/mol. The highest BCUT2D eigenvalue weighted by Crippen LogP contribution is 2.31. The first kappa shape index (κ1) is 13.6. The summed E-state index contributed by atoms with van der Waals surface area (Å²) in [6.45, 7) is 0. The molecule has 1 atom stereocenters. The lowest BCUT2D eigenvalue weighted by Crippen LogP contribution is -2.12. The fraction of sp³-hybridized carbons (Fsp3) is 0.385. The lowest BCUT2D eigenvalue weighted by Gasteiger charge is -2.13. The van der Waals surface area contributed by atoms with Gasteiger partial charge in [-0.2, -0.15) is 13.2 Å². The summed E-state index contributed by atoms with van der Waals surface area (Å²) in [5.74, 6) is 2.47. The van der Waals surface area contributed by atoms with E-state index >= 15 is 0 Å². The van der Waals surface area contributed by atoms with Crippen LogP contribution in [-0.4, -0.2) is 0 Å². The number of rotatable bonds is 4. The zero-order valence-corrected chi connectivity index (χ0v) is 9.30. The molecule has 1 aromatic rings. The van der Waals surface area contributed by atoms with Gasteiger partial charge in [-0.15, -0.1) is 12.3 Å². The molecule has 1 aromatic carbocycles. The van der Waals surface area contributed by atoms with Crippen LogP contribution in [-0.2, 0) is 6.18 Å². The Kier molecular flexibility index (Phi) is 4.59. The van der Waals surface area contributed by atoms with E-state index < -0.39 is 17.8 Å². The van der Waals surface area contributed by atoms with Gasteiger partial charge in [0.05, 0.1) is 5.56 Å². The molecule has 1 unspecified atom stereocenters. The van der Waals surface area contributed by atoms with E-state index in [4.69, 9.17) is 12.2 Å². The molecule has 0 saturated carbocycles. The first-order valence-corrected chi connectivity index (χ1v) is 5.31. The van der Waals surface area contributed by atoms with Crippen LogP contribution in [0.2, 0.25) is 0 Å². The molecule has 0 aliphatic heterocycles. The third kappa shape index (κ3) is 4.12. The molecule has 2 N–H and O–H groups in total. The lowest BCUT2D eigenvalue weighted by molar-refractivity contribution is -0.137. The third-order valence-electron chi connectivity index (χ3n) is 2.48. The molecule has 17 heavy (non-hydrogen) atoms. The number of halogens is 3. The molecule has 92 valence electrons. The van der Waals surface area contributed by atoms with Crippen molar-refractivity contribution in [2.75, 3.05) is 0 Å². The second-order valence-electron chi connectivity index (χ2n) is 3.83. The molecule has 0 bridgehead atoms. The van der Waals surface area contributed by atoms with Gasteiger partial charge < -0.3 is 5.73 Å². The molecule has 1 nitrogen and oxygen atoms in total. The van der Waals surface area contributed by atoms with Crippen LogP contribution in [0, 0.1) is 12.3 Å². The van der Waals surface area contributed by atoms with Gasteiger partial charge in [0.25, 0.3) is 0 Å². The molecule has 0 spiro atoms. The minimum absolute atomic E-state index is 0.398. The second-order valence-corrected chi connectivity index (χ2v) is 3.83. The van der Waals surface area contributed by atoms with Crippen LogP contribution in [0.25, 0.3) is 0 Å². The maximum Gasteiger partial charge on any atom is 0.416 e. The van der Waals surface area contributed by atoms with Gasteiger partial charge in [-0.3, -0.25) is 0 Å². The minimum atomic E-state index is -4.32. The van der Waals surface area contributed by atoms with E-state index in [9.17, 15) is 13.2 Å². The number of hydrogen-bond acceptors (Lipinski definition) is 1. The lowest BCUT2D eigenvalue weighted by atomic mass is 10.00. The Morgan fingerprint density at radius 3 is 2.65 bits per heavy atom. The normalized spacial score (nSPS) is 13.1. The molecule has 0 saturated heterocycles. The largest absolute Gasteiger partial charge is 0.416 e. The molecular formula is C13H14F3N. The van der Waals surface area contributed by atoms with Crippen LogP contribution in [0.1, 0.15) is 36.4 Å². The van der Waals surface area contributed by atoms with Crippen LogP contribution in [0.15, 0.2) is 24.3 Å². The van der Waals surface area contributed by atoms with Gasteiger partial charge in [-0.25, -0.2) is 0 Å². The molecule has 1 rings (SSSR count). The van der Waals surface area contributed by atoms with Crippen molar-refractivity contribution in [2.24, 2.45) is 5.73 Å². The molecule has 0 amide bonds. The average Bonchev–Trinajstić information content (AvgIpc) is 2.28. The van der Waals surface area contributed by atoms with Crippen molar-refractivity contribution in [3.8, 4) is 12.3 Å². The van der Waals surface area contributed by atoms with Gasteiger partial charge in [-0.05, 0) is 30.5 Å². The summed E-state index contributed by atoms with van der Waals surface area (Å²) in [6, 6.07) is 4.72. The van der Waals surface area contributed by atoms with E-state index in [0.717, 1.165) is 12.1 Å². The number of alkyl halides is 3. The van der Waals surface area contributed by atoms with Crippen LogP contribution in [0.5, 0.6) is 0 Å². The first-order valence-electron chi connectivity index (χ1n) is 5.31. The average molecular weight is 241 g/mol.